The van der Waals surface area contributed by atoms with Gasteiger partial charge in [0, 0.05) is 22.8 Å². The minimum atomic E-state index is -0.118. The van der Waals surface area contributed by atoms with Gasteiger partial charge in [-0.1, -0.05) is 22.8 Å². The molecule has 0 saturated carbocycles. The predicted molar refractivity (Wildman–Crippen MR) is 82.5 cm³/mol. The number of aromatic nitrogens is 1. The highest BCUT2D eigenvalue weighted by molar-refractivity contribution is 6.31. The van der Waals surface area contributed by atoms with Gasteiger partial charge in [-0.2, -0.15) is 0 Å². The van der Waals surface area contributed by atoms with Gasteiger partial charge in [0.15, 0.2) is 0 Å². The Hall–Kier alpha value is -1.85. The first-order valence-corrected chi connectivity index (χ1v) is 7.03. The second-order valence-corrected chi connectivity index (χ2v) is 5.35. The number of carbonyl (C=O) groups is 1. The average Bonchev–Trinajstić information content (AvgIpc) is 2.74. The molecule has 5 nitrogen and oxygen atoms in total. The molecule has 0 bridgehead atoms. The zero-order chi connectivity index (χ0) is 15.4. The fourth-order valence-corrected chi connectivity index (χ4v) is 2.15. The summed E-state index contributed by atoms with van der Waals surface area (Å²) in [5.74, 6) is 0.651. The zero-order valence-corrected chi connectivity index (χ0v) is 13.0. The van der Waals surface area contributed by atoms with Crippen molar-refractivity contribution < 1.29 is 9.32 Å². The standard InChI is InChI=1S/C15H18ClN3O2/c1-9-4-5-12(16)6-14(9)18-15(20)8-17-7-13-10(2)19-21-11(13)3/h4-6,17H,7-8H2,1-3H3,(H,18,20). The van der Waals surface area contributed by atoms with Crippen LogP contribution in [0.15, 0.2) is 22.7 Å². The van der Waals surface area contributed by atoms with Gasteiger partial charge in [-0.05, 0) is 38.5 Å². The molecular formula is C15H18ClN3O2. The lowest BCUT2D eigenvalue weighted by atomic mass is 10.2. The number of hydrogen-bond acceptors (Lipinski definition) is 4. The van der Waals surface area contributed by atoms with Crippen LogP contribution in [0.4, 0.5) is 5.69 Å². The molecule has 1 aromatic heterocycles. The first kappa shape index (κ1) is 15.5. The molecule has 1 heterocycles. The third-order valence-corrected chi connectivity index (χ3v) is 3.48. The Kier molecular flexibility index (Phi) is 4.98. The Morgan fingerprint density at radius 2 is 2.10 bits per heavy atom. The van der Waals surface area contributed by atoms with Crippen molar-refractivity contribution in [3.63, 3.8) is 0 Å². The Morgan fingerprint density at radius 3 is 2.76 bits per heavy atom. The van der Waals surface area contributed by atoms with Gasteiger partial charge in [0.25, 0.3) is 0 Å². The smallest absolute Gasteiger partial charge is 0.238 e. The first-order chi connectivity index (χ1) is 9.97. The van der Waals surface area contributed by atoms with E-state index >= 15 is 0 Å². The van der Waals surface area contributed by atoms with Crippen LogP contribution in [0, 0.1) is 20.8 Å². The van der Waals surface area contributed by atoms with Gasteiger partial charge in [0.05, 0.1) is 12.2 Å². The van der Waals surface area contributed by atoms with E-state index in [4.69, 9.17) is 16.1 Å². The lowest BCUT2D eigenvalue weighted by Crippen LogP contribution is -2.28. The summed E-state index contributed by atoms with van der Waals surface area (Å²) in [6.45, 7) is 6.40. The number of amides is 1. The molecule has 1 amide bonds. The molecular weight excluding hydrogens is 290 g/mol. The maximum atomic E-state index is 11.9. The normalized spacial score (nSPS) is 10.7. The van der Waals surface area contributed by atoms with E-state index in [1.807, 2.05) is 26.8 Å². The van der Waals surface area contributed by atoms with Crippen LogP contribution < -0.4 is 10.6 Å². The molecule has 0 radical (unpaired) electrons. The Labute approximate surface area is 128 Å². The van der Waals surface area contributed by atoms with Crippen molar-refractivity contribution in [3.8, 4) is 0 Å². The Balaban J connectivity index is 1.87. The van der Waals surface area contributed by atoms with Crippen LogP contribution in [0.25, 0.3) is 0 Å². The second kappa shape index (κ2) is 6.74. The predicted octanol–water partition coefficient (Wildman–Crippen LogP) is 2.98. The molecule has 0 fully saturated rings. The van der Waals surface area contributed by atoms with Crippen LogP contribution in [0.3, 0.4) is 0 Å². The van der Waals surface area contributed by atoms with E-state index < -0.39 is 0 Å². The van der Waals surface area contributed by atoms with Gasteiger partial charge in [-0.15, -0.1) is 0 Å². The molecule has 0 spiro atoms. The van der Waals surface area contributed by atoms with Crippen LogP contribution in [0.1, 0.15) is 22.6 Å². The molecule has 0 saturated heterocycles. The van der Waals surface area contributed by atoms with Crippen molar-refractivity contribution in [3.05, 3.63) is 45.8 Å². The van der Waals surface area contributed by atoms with E-state index in [0.29, 0.717) is 11.6 Å². The summed E-state index contributed by atoms with van der Waals surface area (Å²) in [6.07, 6.45) is 0. The molecule has 1 aromatic carbocycles. The molecule has 21 heavy (non-hydrogen) atoms. The molecule has 0 unspecified atom stereocenters. The summed E-state index contributed by atoms with van der Waals surface area (Å²) < 4.78 is 5.07. The van der Waals surface area contributed by atoms with Crippen LogP contribution in [-0.4, -0.2) is 17.6 Å². The van der Waals surface area contributed by atoms with E-state index in [0.717, 1.165) is 28.3 Å². The highest BCUT2D eigenvalue weighted by Crippen LogP contribution is 2.19. The third-order valence-electron chi connectivity index (χ3n) is 3.24. The molecule has 2 aromatic rings. The van der Waals surface area contributed by atoms with Gasteiger partial charge in [-0.3, -0.25) is 4.79 Å². The van der Waals surface area contributed by atoms with Gasteiger partial charge < -0.3 is 15.2 Å². The third kappa shape index (κ3) is 4.06. The number of nitrogens with zero attached hydrogens (tertiary/aromatic N) is 1. The van der Waals surface area contributed by atoms with Crippen LogP contribution in [0.2, 0.25) is 5.02 Å². The summed E-state index contributed by atoms with van der Waals surface area (Å²) in [6, 6.07) is 5.40. The van der Waals surface area contributed by atoms with Crippen LogP contribution in [0.5, 0.6) is 0 Å². The Bertz CT molecular complexity index is 633. The molecule has 112 valence electrons. The van der Waals surface area contributed by atoms with Crippen molar-refractivity contribution in [2.75, 3.05) is 11.9 Å². The number of anilines is 1. The summed E-state index contributed by atoms with van der Waals surface area (Å²) in [7, 11) is 0. The number of rotatable bonds is 5. The molecule has 0 aliphatic rings. The van der Waals surface area contributed by atoms with E-state index in [9.17, 15) is 4.79 Å². The van der Waals surface area contributed by atoms with Crippen molar-refractivity contribution in [1.82, 2.24) is 10.5 Å². The van der Waals surface area contributed by atoms with Gasteiger partial charge in [-0.25, -0.2) is 0 Å². The number of carbonyl (C=O) groups excluding carboxylic acids is 1. The van der Waals surface area contributed by atoms with E-state index in [1.54, 1.807) is 12.1 Å². The summed E-state index contributed by atoms with van der Waals surface area (Å²) >= 11 is 5.92. The van der Waals surface area contributed by atoms with Crippen LogP contribution >= 0.6 is 11.6 Å². The second-order valence-electron chi connectivity index (χ2n) is 4.91. The number of benzene rings is 1. The lowest BCUT2D eigenvalue weighted by Gasteiger charge is -2.09. The van der Waals surface area contributed by atoms with E-state index in [1.165, 1.54) is 0 Å². The molecule has 0 aliphatic heterocycles. The fraction of sp³-hybridized carbons (Fsp3) is 0.333. The van der Waals surface area contributed by atoms with E-state index in [2.05, 4.69) is 15.8 Å². The van der Waals surface area contributed by atoms with E-state index in [-0.39, 0.29) is 12.5 Å². The maximum absolute atomic E-state index is 11.9. The number of hydrogen-bond donors (Lipinski definition) is 2. The first-order valence-electron chi connectivity index (χ1n) is 6.66. The molecule has 0 aliphatic carbocycles. The number of aryl methyl sites for hydroxylation is 3. The van der Waals surface area contributed by atoms with Gasteiger partial charge >= 0.3 is 0 Å². The van der Waals surface area contributed by atoms with Gasteiger partial charge in [0.2, 0.25) is 5.91 Å². The minimum absolute atomic E-state index is 0.118. The summed E-state index contributed by atoms with van der Waals surface area (Å²) in [4.78, 5) is 11.9. The van der Waals surface area contributed by atoms with Crippen molar-refractivity contribution >= 4 is 23.2 Å². The topological polar surface area (TPSA) is 67.2 Å². The highest BCUT2D eigenvalue weighted by atomic mass is 35.5. The zero-order valence-electron chi connectivity index (χ0n) is 12.3. The summed E-state index contributed by atoms with van der Waals surface area (Å²) in [5, 5.41) is 10.4. The maximum Gasteiger partial charge on any atom is 0.238 e. The molecule has 2 N–H and O–H groups in total. The van der Waals surface area contributed by atoms with Gasteiger partial charge in [0.1, 0.15) is 5.76 Å². The number of nitrogens with one attached hydrogen (secondary N) is 2. The van der Waals surface area contributed by atoms with Crippen molar-refractivity contribution in [2.24, 2.45) is 0 Å². The Morgan fingerprint density at radius 1 is 1.33 bits per heavy atom. The van der Waals surface area contributed by atoms with Crippen molar-refractivity contribution in [2.45, 2.75) is 27.3 Å². The molecule has 6 heteroatoms. The minimum Gasteiger partial charge on any atom is -0.361 e. The molecule has 2 rings (SSSR count). The average molecular weight is 308 g/mol. The fourth-order valence-electron chi connectivity index (χ4n) is 1.98. The van der Waals surface area contributed by atoms with Crippen LogP contribution in [-0.2, 0) is 11.3 Å². The van der Waals surface area contributed by atoms with Crippen molar-refractivity contribution in [1.29, 1.82) is 0 Å². The quantitative estimate of drug-likeness (QED) is 0.891. The monoisotopic (exact) mass is 307 g/mol. The summed E-state index contributed by atoms with van der Waals surface area (Å²) in [5.41, 5.74) is 3.53. The number of halogens is 1. The lowest BCUT2D eigenvalue weighted by molar-refractivity contribution is -0.115. The highest BCUT2D eigenvalue weighted by Gasteiger charge is 2.10. The molecule has 0 atom stereocenters. The SMILES string of the molecule is Cc1ccc(Cl)cc1NC(=O)CNCc1c(C)noc1C. The largest absolute Gasteiger partial charge is 0.361 e.